The number of nitrogens with zero attached hydrogens (tertiary/aromatic N) is 1. The zero-order valence-electron chi connectivity index (χ0n) is 8.84. The van der Waals surface area contributed by atoms with Crippen LogP contribution in [0.2, 0.25) is 0 Å². The number of piperazine rings is 1. The monoisotopic (exact) mass is 184 g/mol. The number of rotatable bonds is 3. The van der Waals surface area contributed by atoms with Gasteiger partial charge in [-0.15, -0.1) is 0 Å². The Labute approximate surface area is 80.5 Å². The molecule has 0 aliphatic carbocycles. The van der Waals surface area contributed by atoms with Crippen molar-refractivity contribution >= 4 is 5.91 Å². The molecule has 0 bridgehead atoms. The predicted molar refractivity (Wildman–Crippen MR) is 53.5 cm³/mol. The van der Waals surface area contributed by atoms with Crippen LogP contribution in [0, 0.1) is 0 Å². The van der Waals surface area contributed by atoms with Crippen LogP contribution in [-0.4, -0.2) is 36.0 Å². The standard InChI is InChI=1S/C10H20N2O/c1-4-8(3)12-7-6-11-10(13)9(12)5-2/h8-9H,4-7H2,1-3H3,(H,11,13). The lowest BCUT2D eigenvalue weighted by atomic mass is 10.1. The minimum absolute atomic E-state index is 0.101. The predicted octanol–water partition coefficient (Wildman–Crippen LogP) is 0.995. The Kier molecular flexibility index (Phi) is 3.72. The molecule has 76 valence electrons. The summed E-state index contributed by atoms with van der Waals surface area (Å²) in [6.45, 7) is 8.25. The topological polar surface area (TPSA) is 32.3 Å². The number of carbonyl (C=O) groups is 1. The maximum atomic E-state index is 11.5. The first-order valence-corrected chi connectivity index (χ1v) is 5.24. The van der Waals surface area contributed by atoms with Gasteiger partial charge in [0.15, 0.2) is 0 Å². The van der Waals surface area contributed by atoms with Crippen LogP contribution in [0.4, 0.5) is 0 Å². The maximum absolute atomic E-state index is 11.5. The lowest BCUT2D eigenvalue weighted by Gasteiger charge is -2.38. The molecule has 0 aromatic carbocycles. The fourth-order valence-corrected chi connectivity index (χ4v) is 1.91. The first kappa shape index (κ1) is 10.5. The number of carbonyl (C=O) groups excluding carboxylic acids is 1. The third-order valence-corrected chi connectivity index (χ3v) is 2.92. The summed E-state index contributed by atoms with van der Waals surface area (Å²) < 4.78 is 0. The molecule has 1 amide bonds. The Balaban J connectivity index is 2.64. The molecule has 3 heteroatoms. The lowest BCUT2D eigenvalue weighted by Crippen LogP contribution is -2.57. The van der Waals surface area contributed by atoms with Gasteiger partial charge in [0.1, 0.15) is 0 Å². The molecule has 1 heterocycles. The summed E-state index contributed by atoms with van der Waals surface area (Å²) in [6, 6.07) is 0.625. The van der Waals surface area contributed by atoms with E-state index >= 15 is 0 Å². The van der Waals surface area contributed by atoms with Gasteiger partial charge in [0.25, 0.3) is 0 Å². The van der Waals surface area contributed by atoms with E-state index in [-0.39, 0.29) is 11.9 Å². The highest BCUT2D eigenvalue weighted by Gasteiger charge is 2.30. The van der Waals surface area contributed by atoms with E-state index in [1.54, 1.807) is 0 Å². The van der Waals surface area contributed by atoms with Crippen molar-refractivity contribution in [1.82, 2.24) is 10.2 Å². The van der Waals surface area contributed by atoms with Crippen molar-refractivity contribution in [3.8, 4) is 0 Å². The normalized spacial score (nSPS) is 27.0. The average Bonchev–Trinajstić information content (AvgIpc) is 2.16. The first-order valence-electron chi connectivity index (χ1n) is 5.24. The van der Waals surface area contributed by atoms with Gasteiger partial charge in [-0.2, -0.15) is 0 Å². The molecule has 2 unspecified atom stereocenters. The Bertz CT molecular complexity index is 182. The van der Waals surface area contributed by atoms with Crippen molar-refractivity contribution in [3.63, 3.8) is 0 Å². The van der Waals surface area contributed by atoms with Gasteiger partial charge in [-0.25, -0.2) is 0 Å². The molecule has 1 aliphatic rings. The van der Waals surface area contributed by atoms with Gasteiger partial charge in [-0.3, -0.25) is 9.69 Å². The van der Waals surface area contributed by atoms with Crippen molar-refractivity contribution in [1.29, 1.82) is 0 Å². The molecule has 0 aromatic rings. The zero-order chi connectivity index (χ0) is 9.84. The van der Waals surface area contributed by atoms with Gasteiger partial charge in [0.2, 0.25) is 5.91 Å². The first-order chi connectivity index (χ1) is 6.20. The summed E-state index contributed by atoms with van der Waals surface area (Å²) in [4.78, 5) is 13.8. The Morgan fingerprint density at radius 1 is 1.62 bits per heavy atom. The van der Waals surface area contributed by atoms with Crippen molar-refractivity contribution in [2.75, 3.05) is 13.1 Å². The maximum Gasteiger partial charge on any atom is 0.237 e. The average molecular weight is 184 g/mol. The molecule has 1 rings (SSSR count). The second kappa shape index (κ2) is 4.61. The van der Waals surface area contributed by atoms with Crippen molar-refractivity contribution < 1.29 is 4.79 Å². The number of nitrogens with one attached hydrogen (secondary N) is 1. The summed E-state index contributed by atoms with van der Waals surface area (Å²) in [6.07, 6.45) is 2.03. The molecular formula is C10H20N2O. The quantitative estimate of drug-likeness (QED) is 0.709. The van der Waals surface area contributed by atoms with Crippen LogP contribution in [0.1, 0.15) is 33.6 Å². The Morgan fingerprint density at radius 2 is 2.31 bits per heavy atom. The molecule has 1 saturated heterocycles. The van der Waals surface area contributed by atoms with E-state index < -0.39 is 0 Å². The molecule has 1 N–H and O–H groups in total. The summed E-state index contributed by atoms with van der Waals surface area (Å²) in [5, 5.41) is 2.91. The van der Waals surface area contributed by atoms with Crippen LogP contribution >= 0.6 is 0 Å². The molecule has 0 radical (unpaired) electrons. The van der Waals surface area contributed by atoms with E-state index in [2.05, 4.69) is 31.0 Å². The van der Waals surface area contributed by atoms with Crippen molar-refractivity contribution in [2.45, 2.75) is 45.7 Å². The minimum Gasteiger partial charge on any atom is -0.353 e. The highest BCUT2D eigenvalue weighted by Crippen LogP contribution is 2.14. The molecule has 0 saturated carbocycles. The van der Waals surface area contributed by atoms with Gasteiger partial charge in [-0.1, -0.05) is 13.8 Å². The van der Waals surface area contributed by atoms with Gasteiger partial charge < -0.3 is 5.32 Å². The Morgan fingerprint density at radius 3 is 2.85 bits per heavy atom. The fourth-order valence-electron chi connectivity index (χ4n) is 1.91. The van der Waals surface area contributed by atoms with Crippen LogP contribution in [0.3, 0.4) is 0 Å². The SMILES string of the molecule is CCC(C)N1CCNC(=O)C1CC. The largest absolute Gasteiger partial charge is 0.353 e. The summed E-state index contributed by atoms with van der Waals surface area (Å²) in [5.41, 5.74) is 0. The molecule has 0 aromatic heterocycles. The third-order valence-electron chi connectivity index (χ3n) is 2.92. The van der Waals surface area contributed by atoms with Crippen LogP contribution in [0.25, 0.3) is 0 Å². The van der Waals surface area contributed by atoms with E-state index in [9.17, 15) is 4.79 Å². The van der Waals surface area contributed by atoms with Gasteiger partial charge >= 0.3 is 0 Å². The number of hydrogen-bond acceptors (Lipinski definition) is 2. The number of amides is 1. The molecule has 0 spiro atoms. The Hall–Kier alpha value is -0.570. The van der Waals surface area contributed by atoms with Gasteiger partial charge in [0, 0.05) is 19.1 Å². The summed E-state index contributed by atoms with van der Waals surface area (Å²) >= 11 is 0. The molecule has 3 nitrogen and oxygen atoms in total. The zero-order valence-corrected chi connectivity index (χ0v) is 8.84. The van der Waals surface area contributed by atoms with E-state index in [0.29, 0.717) is 6.04 Å². The summed E-state index contributed by atoms with van der Waals surface area (Å²) in [7, 11) is 0. The van der Waals surface area contributed by atoms with Gasteiger partial charge in [0.05, 0.1) is 6.04 Å². The molecule has 2 atom stereocenters. The molecule has 1 fully saturated rings. The second-order valence-electron chi connectivity index (χ2n) is 3.71. The highest BCUT2D eigenvalue weighted by molar-refractivity contribution is 5.82. The van der Waals surface area contributed by atoms with E-state index in [4.69, 9.17) is 0 Å². The van der Waals surface area contributed by atoms with Crippen molar-refractivity contribution in [2.24, 2.45) is 0 Å². The number of hydrogen-bond donors (Lipinski definition) is 1. The van der Waals surface area contributed by atoms with Crippen LogP contribution < -0.4 is 5.32 Å². The van der Waals surface area contributed by atoms with E-state index in [1.807, 2.05) is 0 Å². The molecule has 1 aliphatic heterocycles. The molecule has 13 heavy (non-hydrogen) atoms. The third kappa shape index (κ3) is 2.21. The van der Waals surface area contributed by atoms with Crippen LogP contribution in [0.5, 0.6) is 0 Å². The fraction of sp³-hybridized carbons (Fsp3) is 0.900. The smallest absolute Gasteiger partial charge is 0.237 e. The highest BCUT2D eigenvalue weighted by atomic mass is 16.2. The molecular weight excluding hydrogens is 164 g/mol. The van der Waals surface area contributed by atoms with Gasteiger partial charge in [-0.05, 0) is 19.8 Å². The van der Waals surface area contributed by atoms with Crippen LogP contribution in [0.15, 0.2) is 0 Å². The summed E-state index contributed by atoms with van der Waals surface area (Å²) in [5.74, 6) is 0.203. The van der Waals surface area contributed by atoms with Crippen molar-refractivity contribution in [3.05, 3.63) is 0 Å². The lowest BCUT2D eigenvalue weighted by molar-refractivity contribution is -0.130. The van der Waals surface area contributed by atoms with Crippen LogP contribution in [-0.2, 0) is 4.79 Å². The minimum atomic E-state index is 0.101. The second-order valence-corrected chi connectivity index (χ2v) is 3.71. The van der Waals surface area contributed by atoms with E-state index in [1.165, 1.54) is 0 Å². The van der Waals surface area contributed by atoms with E-state index in [0.717, 1.165) is 25.9 Å².